The molecule has 0 aromatic carbocycles. The van der Waals surface area contributed by atoms with Gasteiger partial charge >= 0.3 is 0 Å². The van der Waals surface area contributed by atoms with Crippen LogP contribution in [0.15, 0.2) is 11.6 Å². The molecule has 4 fully saturated rings. The third-order valence-electron chi connectivity index (χ3n) is 12.8. The number of fused-ring (bicyclic) bond motifs is 7. The minimum absolute atomic E-state index is 0.0496. The molecule has 4 N–H and O–H groups in total. The minimum atomic E-state index is -1.01. The van der Waals surface area contributed by atoms with E-state index in [1.54, 1.807) is 5.57 Å². The maximum Gasteiger partial charge on any atom is 0.0878 e. The summed E-state index contributed by atoms with van der Waals surface area (Å²) in [7, 11) is 0. The SMILES string of the molecule is C[C@@H]1[C@H]2C3=CCC4[C@@]5(C)C[C@@H](O)[C@H](O)[C@@](C)(CO)[C@@H]5[C@H](O)C[C@@]4(C)[C@@]3(C)CC[C@@H]2CC[C@H]1C. The molecule has 0 aliphatic heterocycles. The zero-order valence-corrected chi connectivity index (χ0v) is 21.7. The fraction of sp³-hybridized carbons (Fsp3) is 0.931. The van der Waals surface area contributed by atoms with Crippen molar-refractivity contribution in [1.82, 2.24) is 0 Å². The molecule has 188 valence electrons. The first kappa shape index (κ1) is 24.3. The van der Waals surface area contributed by atoms with E-state index in [9.17, 15) is 20.4 Å². The summed E-state index contributed by atoms with van der Waals surface area (Å²) in [5.41, 5.74) is 0.422. The van der Waals surface area contributed by atoms with Crippen LogP contribution < -0.4 is 0 Å². The molecule has 4 nitrogen and oxygen atoms in total. The van der Waals surface area contributed by atoms with Crippen LogP contribution in [0, 0.1) is 57.2 Å². The Balaban J connectivity index is 1.62. The molecule has 0 saturated heterocycles. The Morgan fingerprint density at radius 2 is 1.64 bits per heavy atom. The first-order chi connectivity index (χ1) is 15.3. The van der Waals surface area contributed by atoms with E-state index in [1.165, 1.54) is 25.7 Å². The summed E-state index contributed by atoms with van der Waals surface area (Å²) >= 11 is 0. The smallest absolute Gasteiger partial charge is 0.0878 e. The maximum absolute atomic E-state index is 11.8. The average molecular weight is 461 g/mol. The lowest BCUT2D eigenvalue weighted by Crippen LogP contribution is -2.71. The van der Waals surface area contributed by atoms with Gasteiger partial charge in [0.1, 0.15) is 0 Å². The normalized spacial score (nSPS) is 60.7. The number of allylic oxidation sites excluding steroid dienone is 2. The summed E-state index contributed by atoms with van der Waals surface area (Å²) in [6.07, 6.45) is 7.48. The monoisotopic (exact) mass is 460 g/mol. The first-order valence-corrected chi connectivity index (χ1v) is 13.7. The van der Waals surface area contributed by atoms with Gasteiger partial charge in [0, 0.05) is 11.3 Å². The molecule has 5 rings (SSSR count). The van der Waals surface area contributed by atoms with Gasteiger partial charge in [-0.05, 0) is 84.4 Å². The van der Waals surface area contributed by atoms with Gasteiger partial charge in [0.25, 0.3) is 0 Å². The predicted molar refractivity (Wildman–Crippen MR) is 130 cm³/mol. The molecule has 0 spiro atoms. The number of rotatable bonds is 1. The zero-order chi connectivity index (χ0) is 24.1. The van der Waals surface area contributed by atoms with Crippen molar-refractivity contribution in [2.45, 2.75) is 105 Å². The maximum atomic E-state index is 11.8. The molecule has 0 bridgehead atoms. The third kappa shape index (κ3) is 2.90. The molecule has 1 unspecified atom stereocenters. The van der Waals surface area contributed by atoms with Crippen molar-refractivity contribution >= 4 is 0 Å². The highest BCUT2D eigenvalue weighted by Crippen LogP contribution is 2.74. The standard InChI is InChI=1S/C29H48O4/c1-16-7-8-18-11-12-28(5)19(23(18)17(16)2)9-10-22-26(3)13-21(32)25(33)27(4,15-30)24(26)20(31)14-29(22,28)6/h9,16-18,20-25,30-33H,7-8,10-15H2,1-6H3/t16-,17+,18+,20-,21-,22?,23-,24-,25+,26-,27+,28+,29-/m1/s1. The predicted octanol–water partition coefficient (Wildman–Crippen LogP) is 4.55. The fourth-order valence-electron chi connectivity index (χ4n) is 10.8. The number of aliphatic hydroxyl groups excluding tert-OH is 4. The van der Waals surface area contributed by atoms with E-state index in [0.717, 1.165) is 18.3 Å². The second kappa shape index (κ2) is 7.54. The van der Waals surface area contributed by atoms with Crippen molar-refractivity contribution in [1.29, 1.82) is 0 Å². The highest BCUT2D eigenvalue weighted by atomic mass is 16.3. The van der Waals surface area contributed by atoms with Crippen LogP contribution >= 0.6 is 0 Å². The number of aliphatic hydroxyl groups is 4. The van der Waals surface area contributed by atoms with Crippen molar-refractivity contribution in [2.75, 3.05) is 6.61 Å². The molecule has 0 aromatic rings. The third-order valence-corrected chi connectivity index (χ3v) is 12.8. The zero-order valence-electron chi connectivity index (χ0n) is 21.7. The molecule has 0 amide bonds. The van der Waals surface area contributed by atoms with Crippen molar-refractivity contribution < 1.29 is 20.4 Å². The van der Waals surface area contributed by atoms with Gasteiger partial charge in [0.05, 0.1) is 24.9 Å². The highest BCUT2D eigenvalue weighted by Gasteiger charge is 2.71. The molecule has 0 radical (unpaired) electrons. The topological polar surface area (TPSA) is 80.9 Å². The average Bonchev–Trinajstić information content (AvgIpc) is 2.74. The lowest BCUT2D eigenvalue weighted by Gasteiger charge is -2.72. The lowest BCUT2D eigenvalue weighted by atomic mass is 9.33. The Hall–Kier alpha value is -0.420. The van der Waals surface area contributed by atoms with E-state index < -0.39 is 23.7 Å². The van der Waals surface area contributed by atoms with Gasteiger partial charge in [-0.2, -0.15) is 0 Å². The van der Waals surface area contributed by atoms with E-state index in [1.807, 2.05) is 6.92 Å². The molecule has 0 heterocycles. The van der Waals surface area contributed by atoms with Crippen LogP contribution in [0.3, 0.4) is 0 Å². The largest absolute Gasteiger partial charge is 0.396 e. The van der Waals surface area contributed by atoms with Gasteiger partial charge in [0.2, 0.25) is 0 Å². The Morgan fingerprint density at radius 3 is 2.30 bits per heavy atom. The summed E-state index contributed by atoms with van der Waals surface area (Å²) < 4.78 is 0. The van der Waals surface area contributed by atoms with E-state index in [4.69, 9.17) is 0 Å². The second-order valence-corrected chi connectivity index (χ2v) is 14.1. The van der Waals surface area contributed by atoms with Crippen LogP contribution in [0.25, 0.3) is 0 Å². The van der Waals surface area contributed by atoms with Gasteiger partial charge in [-0.25, -0.2) is 0 Å². The van der Waals surface area contributed by atoms with Gasteiger partial charge in [-0.15, -0.1) is 0 Å². The quantitative estimate of drug-likeness (QED) is 0.433. The second-order valence-electron chi connectivity index (χ2n) is 14.1. The van der Waals surface area contributed by atoms with Gasteiger partial charge in [-0.1, -0.05) is 59.6 Å². The molecule has 13 atom stereocenters. The molecule has 5 aliphatic carbocycles. The van der Waals surface area contributed by atoms with Crippen molar-refractivity contribution in [3.05, 3.63) is 11.6 Å². The van der Waals surface area contributed by atoms with Crippen LogP contribution in [-0.4, -0.2) is 45.3 Å². The number of hydrogen-bond donors (Lipinski definition) is 4. The van der Waals surface area contributed by atoms with Crippen LogP contribution in [0.4, 0.5) is 0 Å². The van der Waals surface area contributed by atoms with E-state index >= 15 is 0 Å². The van der Waals surface area contributed by atoms with Crippen molar-refractivity contribution in [3.8, 4) is 0 Å². The molecular weight excluding hydrogens is 412 g/mol. The van der Waals surface area contributed by atoms with Gasteiger partial charge in [0.15, 0.2) is 0 Å². The number of hydrogen-bond acceptors (Lipinski definition) is 4. The summed E-state index contributed by atoms with van der Waals surface area (Å²) in [5, 5.41) is 44.0. The Morgan fingerprint density at radius 1 is 0.939 bits per heavy atom. The van der Waals surface area contributed by atoms with E-state index in [-0.39, 0.29) is 28.8 Å². The molecule has 0 aromatic heterocycles. The van der Waals surface area contributed by atoms with Crippen LogP contribution in [-0.2, 0) is 0 Å². The van der Waals surface area contributed by atoms with Crippen LogP contribution in [0.5, 0.6) is 0 Å². The van der Waals surface area contributed by atoms with E-state index in [2.05, 4.69) is 40.7 Å². The fourth-order valence-corrected chi connectivity index (χ4v) is 10.8. The molecule has 4 saturated carbocycles. The summed E-state index contributed by atoms with van der Waals surface area (Å²) in [4.78, 5) is 0. The summed E-state index contributed by atoms with van der Waals surface area (Å²) in [6.45, 7) is 13.7. The molecule has 5 aliphatic rings. The molecular formula is C29H48O4. The Kier molecular flexibility index (Phi) is 5.55. The minimum Gasteiger partial charge on any atom is -0.396 e. The molecule has 4 heteroatoms. The lowest BCUT2D eigenvalue weighted by molar-refractivity contribution is -0.272. The van der Waals surface area contributed by atoms with E-state index in [0.29, 0.717) is 30.6 Å². The Bertz CT molecular complexity index is 822. The van der Waals surface area contributed by atoms with Crippen LogP contribution in [0.1, 0.15) is 86.5 Å². The van der Waals surface area contributed by atoms with Crippen LogP contribution in [0.2, 0.25) is 0 Å². The summed E-state index contributed by atoms with van der Waals surface area (Å²) in [5.74, 6) is 3.02. The first-order valence-electron chi connectivity index (χ1n) is 13.7. The highest BCUT2D eigenvalue weighted by molar-refractivity contribution is 5.33. The van der Waals surface area contributed by atoms with Crippen molar-refractivity contribution in [2.24, 2.45) is 57.2 Å². The van der Waals surface area contributed by atoms with Crippen molar-refractivity contribution in [3.63, 3.8) is 0 Å². The Labute approximate surface area is 200 Å². The van der Waals surface area contributed by atoms with Gasteiger partial charge < -0.3 is 20.4 Å². The summed E-state index contributed by atoms with van der Waals surface area (Å²) in [6, 6.07) is 0. The molecule has 33 heavy (non-hydrogen) atoms. The van der Waals surface area contributed by atoms with Gasteiger partial charge in [-0.3, -0.25) is 0 Å².